The summed E-state index contributed by atoms with van der Waals surface area (Å²) in [6.07, 6.45) is 0. The van der Waals surface area contributed by atoms with Crippen LogP contribution in [0.2, 0.25) is 0 Å². The summed E-state index contributed by atoms with van der Waals surface area (Å²) in [4.78, 5) is 11.5. The Labute approximate surface area is 150 Å². The van der Waals surface area contributed by atoms with Crippen molar-refractivity contribution in [3.63, 3.8) is 0 Å². The summed E-state index contributed by atoms with van der Waals surface area (Å²) >= 11 is 0. The Morgan fingerprint density at radius 1 is 1.12 bits per heavy atom. The van der Waals surface area contributed by atoms with Crippen molar-refractivity contribution >= 4 is 18.6 Å². The number of hydrogen-bond acceptors (Lipinski definition) is 4. The molecule has 7 heteroatoms. The van der Waals surface area contributed by atoms with Gasteiger partial charge in [-0.25, -0.2) is 4.79 Å². The van der Waals surface area contributed by atoms with Gasteiger partial charge in [-0.2, -0.15) is 0 Å². The largest absolute Gasteiger partial charge is 0.494 e. The van der Waals surface area contributed by atoms with Crippen LogP contribution in [0, 0.1) is 0 Å². The summed E-state index contributed by atoms with van der Waals surface area (Å²) in [6.45, 7) is 12.8. The molecule has 1 saturated heterocycles. The van der Waals surface area contributed by atoms with Crippen molar-refractivity contribution in [3.05, 3.63) is 24.3 Å². The van der Waals surface area contributed by atoms with Gasteiger partial charge in [0.25, 0.3) is 0 Å². The molecule has 1 heterocycles. The lowest BCUT2D eigenvalue weighted by molar-refractivity contribution is 0.00578. The van der Waals surface area contributed by atoms with E-state index in [0.29, 0.717) is 13.2 Å². The monoisotopic (exact) mass is 348 g/mol. The highest BCUT2D eigenvalue weighted by Crippen LogP contribution is 2.36. The Morgan fingerprint density at radius 3 is 2.20 bits per heavy atom. The third kappa shape index (κ3) is 5.12. The molecule has 138 valence electrons. The molecule has 1 aromatic rings. The molecular weight excluding hydrogens is 319 g/mol. The Kier molecular flexibility index (Phi) is 6.01. The van der Waals surface area contributed by atoms with Gasteiger partial charge < -0.3 is 24.7 Å². The summed E-state index contributed by atoms with van der Waals surface area (Å²) in [7, 11) is -0.375. The van der Waals surface area contributed by atoms with E-state index in [4.69, 9.17) is 14.0 Å². The van der Waals surface area contributed by atoms with Crippen molar-refractivity contribution in [2.45, 2.75) is 58.8 Å². The molecule has 2 N–H and O–H groups in total. The lowest BCUT2D eigenvalue weighted by Crippen LogP contribution is -2.41. The van der Waals surface area contributed by atoms with Crippen molar-refractivity contribution in [1.29, 1.82) is 0 Å². The zero-order chi connectivity index (χ0) is 18.7. The smallest absolute Gasteiger partial charge is 0.492 e. The zero-order valence-electron chi connectivity index (χ0n) is 16.0. The molecule has 0 atom stereocenters. The van der Waals surface area contributed by atoms with Crippen LogP contribution in [0.25, 0.3) is 0 Å². The molecule has 1 aliphatic rings. The zero-order valence-corrected chi connectivity index (χ0v) is 16.0. The minimum Gasteiger partial charge on any atom is -0.492 e. The Morgan fingerprint density at radius 2 is 1.68 bits per heavy atom. The third-order valence-electron chi connectivity index (χ3n) is 4.48. The minimum atomic E-state index is -0.375. The van der Waals surface area contributed by atoms with E-state index in [2.05, 4.69) is 10.6 Å². The maximum absolute atomic E-state index is 11.5. The van der Waals surface area contributed by atoms with Crippen LogP contribution < -0.4 is 20.8 Å². The molecule has 1 aliphatic heterocycles. The molecule has 2 amide bonds. The van der Waals surface area contributed by atoms with E-state index in [-0.39, 0.29) is 30.4 Å². The summed E-state index contributed by atoms with van der Waals surface area (Å²) in [5, 5.41) is 5.50. The van der Waals surface area contributed by atoms with Gasteiger partial charge in [0.1, 0.15) is 12.4 Å². The SMILES string of the molecule is CC(C)NC(=O)NCCOc1ccc(B2OC(C)(C)C(C)(C)O2)cc1. The first-order chi connectivity index (χ1) is 11.6. The van der Waals surface area contributed by atoms with Crippen molar-refractivity contribution in [1.82, 2.24) is 10.6 Å². The number of carbonyl (C=O) groups excluding carboxylic acids is 1. The van der Waals surface area contributed by atoms with Gasteiger partial charge in [-0.3, -0.25) is 0 Å². The first-order valence-electron chi connectivity index (χ1n) is 8.73. The predicted octanol–water partition coefficient (Wildman–Crippen LogP) is 2.07. The number of rotatable bonds is 6. The molecular formula is C18H29BN2O4. The number of urea groups is 1. The van der Waals surface area contributed by atoms with E-state index in [1.165, 1.54) is 0 Å². The average Bonchev–Trinajstić information content (AvgIpc) is 2.72. The molecule has 2 rings (SSSR count). The Hall–Kier alpha value is -1.73. The topological polar surface area (TPSA) is 68.8 Å². The molecule has 0 radical (unpaired) electrons. The first kappa shape index (κ1) is 19.6. The third-order valence-corrected chi connectivity index (χ3v) is 4.48. The van der Waals surface area contributed by atoms with Crippen molar-refractivity contribution < 1.29 is 18.8 Å². The van der Waals surface area contributed by atoms with Crippen LogP contribution in [0.1, 0.15) is 41.5 Å². The molecule has 0 saturated carbocycles. The lowest BCUT2D eigenvalue weighted by atomic mass is 9.79. The summed E-state index contributed by atoms with van der Waals surface area (Å²) in [5.41, 5.74) is 0.255. The molecule has 0 aromatic heterocycles. The second kappa shape index (κ2) is 7.66. The van der Waals surface area contributed by atoms with Crippen LogP contribution in [-0.2, 0) is 9.31 Å². The van der Waals surface area contributed by atoms with Crippen LogP contribution in [0.4, 0.5) is 4.79 Å². The first-order valence-corrected chi connectivity index (χ1v) is 8.73. The maximum atomic E-state index is 11.5. The Balaban J connectivity index is 1.80. The van der Waals surface area contributed by atoms with Crippen molar-refractivity contribution in [2.75, 3.05) is 13.2 Å². The summed E-state index contributed by atoms with van der Waals surface area (Å²) in [5.74, 6) is 0.742. The van der Waals surface area contributed by atoms with E-state index in [1.807, 2.05) is 65.8 Å². The fourth-order valence-corrected chi connectivity index (χ4v) is 2.35. The number of amides is 2. The van der Waals surface area contributed by atoms with Gasteiger partial charge >= 0.3 is 13.1 Å². The van der Waals surface area contributed by atoms with E-state index in [0.717, 1.165) is 11.2 Å². The molecule has 0 unspecified atom stereocenters. The molecule has 1 aromatic carbocycles. The van der Waals surface area contributed by atoms with Gasteiger partial charge in [-0.15, -0.1) is 0 Å². The standard InChI is InChI=1S/C18H29BN2O4/c1-13(2)21-16(22)20-11-12-23-15-9-7-14(8-10-15)19-24-17(3,4)18(5,6)25-19/h7-10,13H,11-12H2,1-6H3,(H2,20,21,22). The van der Waals surface area contributed by atoms with Gasteiger partial charge in [-0.1, -0.05) is 12.1 Å². The number of carbonyl (C=O) groups is 1. The summed E-state index contributed by atoms with van der Waals surface area (Å²) < 4.78 is 17.7. The molecule has 25 heavy (non-hydrogen) atoms. The quantitative estimate of drug-likeness (QED) is 0.610. The van der Waals surface area contributed by atoms with E-state index in [1.54, 1.807) is 0 Å². The lowest BCUT2D eigenvalue weighted by Gasteiger charge is -2.32. The van der Waals surface area contributed by atoms with E-state index < -0.39 is 0 Å². The highest BCUT2D eigenvalue weighted by Gasteiger charge is 2.51. The van der Waals surface area contributed by atoms with Gasteiger partial charge in [0.15, 0.2) is 0 Å². The molecule has 1 fully saturated rings. The molecule has 0 bridgehead atoms. The average molecular weight is 348 g/mol. The highest BCUT2D eigenvalue weighted by atomic mass is 16.7. The van der Waals surface area contributed by atoms with Gasteiger partial charge in [-0.05, 0) is 59.1 Å². The second-order valence-corrected chi connectivity index (χ2v) is 7.56. The second-order valence-electron chi connectivity index (χ2n) is 7.56. The van der Waals surface area contributed by atoms with E-state index in [9.17, 15) is 4.79 Å². The highest BCUT2D eigenvalue weighted by molar-refractivity contribution is 6.62. The van der Waals surface area contributed by atoms with Crippen molar-refractivity contribution in [3.8, 4) is 5.75 Å². The van der Waals surface area contributed by atoms with E-state index >= 15 is 0 Å². The normalized spacial score (nSPS) is 18.3. The van der Waals surface area contributed by atoms with Crippen LogP contribution in [0.15, 0.2) is 24.3 Å². The van der Waals surface area contributed by atoms with Gasteiger partial charge in [0.2, 0.25) is 0 Å². The maximum Gasteiger partial charge on any atom is 0.494 e. The molecule has 0 spiro atoms. The van der Waals surface area contributed by atoms with Crippen LogP contribution in [0.3, 0.4) is 0 Å². The van der Waals surface area contributed by atoms with Gasteiger partial charge in [0.05, 0.1) is 17.7 Å². The predicted molar refractivity (Wildman–Crippen MR) is 99.3 cm³/mol. The van der Waals surface area contributed by atoms with Crippen LogP contribution >= 0.6 is 0 Å². The minimum absolute atomic E-state index is 0.114. The number of benzene rings is 1. The fourth-order valence-electron chi connectivity index (χ4n) is 2.35. The van der Waals surface area contributed by atoms with Gasteiger partial charge in [0, 0.05) is 6.04 Å². The van der Waals surface area contributed by atoms with Crippen LogP contribution in [-0.4, -0.2) is 43.5 Å². The fraction of sp³-hybridized carbons (Fsp3) is 0.611. The number of ether oxygens (including phenoxy) is 1. The Bertz CT molecular complexity index is 571. The molecule has 0 aliphatic carbocycles. The van der Waals surface area contributed by atoms with Crippen molar-refractivity contribution in [2.24, 2.45) is 0 Å². The number of hydrogen-bond donors (Lipinski definition) is 2. The summed E-state index contributed by atoms with van der Waals surface area (Å²) in [6, 6.07) is 7.58. The molecule has 6 nitrogen and oxygen atoms in total. The number of nitrogens with one attached hydrogen (secondary N) is 2. The van der Waals surface area contributed by atoms with Crippen LogP contribution in [0.5, 0.6) is 5.75 Å².